The summed E-state index contributed by atoms with van der Waals surface area (Å²) in [6.45, 7) is 0.451. The lowest BCUT2D eigenvalue weighted by molar-refractivity contribution is 0.0951. The van der Waals surface area contributed by atoms with Gasteiger partial charge in [-0.1, -0.05) is 23.7 Å². The smallest absolute Gasteiger partial charge is 0.253 e. The molecule has 0 bridgehead atoms. The number of benzene rings is 2. The van der Waals surface area contributed by atoms with Crippen molar-refractivity contribution in [1.82, 2.24) is 15.3 Å². The van der Waals surface area contributed by atoms with Crippen LogP contribution in [0.5, 0.6) is 0 Å². The van der Waals surface area contributed by atoms with Crippen LogP contribution in [0.4, 0.5) is 0 Å². The number of halogens is 1. The van der Waals surface area contributed by atoms with Gasteiger partial charge in [0.05, 0.1) is 10.6 Å². The number of aromatic nitrogens is 2. The van der Waals surface area contributed by atoms with Crippen LogP contribution < -0.4 is 5.32 Å². The van der Waals surface area contributed by atoms with E-state index in [1.165, 1.54) is 0 Å². The molecule has 1 amide bonds. The quantitative estimate of drug-likeness (QED) is 0.519. The Morgan fingerprint density at radius 2 is 1.70 bits per heavy atom. The van der Waals surface area contributed by atoms with Gasteiger partial charge in [0.15, 0.2) is 0 Å². The molecule has 0 saturated heterocycles. The summed E-state index contributed by atoms with van der Waals surface area (Å²) in [7, 11) is 0. The van der Waals surface area contributed by atoms with Gasteiger partial charge < -0.3 is 15.3 Å². The maximum absolute atomic E-state index is 12.4. The van der Waals surface area contributed by atoms with Gasteiger partial charge in [0.25, 0.3) is 5.91 Å². The van der Waals surface area contributed by atoms with E-state index >= 15 is 0 Å². The number of amides is 1. The van der Waals surface area contributed by atoms with E-state index in [-0.39, 0.29) is 5.91 Å². The highest BCUT2D eigenvalue weighted by atomic mass is 35.5. The molecule has 3 N–H and O–H groups in total. The van der Waals surface area contributed by atoms with E-state index in [4.69, 9.17) is 11.6 Å². The first-order valence-corrected chi connectivity index (χ1v) is 7.69. The number of rotatable bonds is 3. The SMILES string of the molecule is O=C(NCc1ccc2cc[nH]c2c1)c1cc2[nH]ccc2cc1Cl. The van der Waals surface area contributed by atoms with Gasteiger partial charge in [-0.05, 0) is 41.3 Å². The van der Waals surface area contributed by atoms with Gasteiger partial charge in [0.2, 0.25) is 0 Å². The van der Waals surface area contributed by atoms with Crippen molar-refractivity contribution in [2.24, 2.45) is 0 Å². The second-order valence-electron chi connectivity index (χ2n) is 5.48. The van der Waals surface area contributed by atoms with E-state index in [0.717, 1.165) is 27.4 Å². The molecule has 0 aliphatic rings. The van der Waals surface area contributed by atoms with Gasteiger partial charge in [0, 0.05) is 35.4 Å². The summed E-state index contributed by atoms with van der Waals surface area (Å²) in [5.74, 6) is -0.182. The van der Waals surface area contributed by atoms with E-state index in [2.05, 4.69) is 15.3 Å². The molecule has 4 nitrogen and oxygen atoms in total. The summed E-state index contributed by atoms with van der Waals surface area (Å²) in [6.07, 6.45) is 3.73. The molecule has 23 heavy (non-hydrogen) atoms. The highest BCUT2D eigenvalue weighted by Crippen LogP contribution is 2.23. The van der Waals surface area contributed by atoms with Crippen molar-refractivity contribution in [3.63, 3.8) is 0 Å². The largest absolute Gasteiger partial charge is 0.361 e. The van der Waals surface area contributed by atoms with Gasteiger partial charge in [-0.2, -0.15) is 0 Å². The number of nitrogens with one attached hydrogen (secondary N) is 3. The Hall–Kier alpha value is -2.72. The zero-order valence-electron chi connectivity index (χ0n) is 12.2. The van der Waals surface area contributed by atoms with E-state index in [9.17, 15) is 4.79 Å². The van der Waals surface area contributed by atoms with Crippen molar-refractivity contribution in [3.05, 3.63) is 71.0 Å². The summed E-state index contributed by atoms with van der Waals surface area (Å²) in [5, 5.41) is 5.51. The molecule has 2 aromatic carbocycles. The summed E-state index contributed by atoms with van der Waals surface area (Å²) < 4.78 is 0. The molecule has 0 unspecified atom stereocenters. The molecule has 0 spiro atoms. The monoisotopic (exact) mass is 323 g/mol. The third-order valence-corrected chi connectivity index (χ3v) is 4.27. The van der Waals surface area contributed by atoms with E-state index in [1.807, 2.05) is 42.7 Å². The number of hydrogen-bond acceptors (Lipinski definition) is 1. The summed E-state index contributed by atoms with van der Waals surface area (Å²) in [5.41, 5.74) is 3.46. The predicted molar refractivity (Wildman–Crippen MR) is 92.8 cm³/mol. The average Bonchev–Trinajstić information content (AvgIpc) is 3.19. The number of carbonyl (C=O) groups is 1. The van der Waals surface area contributed by atoms with Crippen molar-refractivity contribution >= 4 is 39.3 Å². The average molecular weight is 324 g/mol. The summed E-state index contributed by atoms with van der Waals surface area (Å²) in [4.78, 5) is 18.7. The predicted octanol–water partition coefficient (Wildman–Crippen LogP) is 4.23. The summed E-state index contributed by atoms with van der Waals surface area (Å²) in [6, 6.07) is 13.6. The van der Waals surface area contributed by atoms with Crippen molar-refractivity contribution in [2.75, 3.05) is 0 Å². The van der Waals surface area contributed by atoms with Gasteiger partial charge >= 0.3 is 0 Å². The van der Waals surface area contributed by atoms with E-state index < -0.39 is 0 Å². The van der Waals surface area contributed by atoms with Crippen LogP contribution in [0.3, 0.4) is 0 Å². The van der Waals surface area contributed by atoms with Crippen molar-refractivity contribution < 1.29 is 4.79 Å². The minimum absolute atomic E-state index is 0.182. The van der Waals surface area contributed by atoms with E-state index in [1.54, 1.807) is 12.1 Å². The topological polar surface area (TPSA) is 60.7 Å². The molecule has 0 aliphatic carbocycles. The molecule has 2 aromatic heterocycles. The zero-order valence-corrected chi connectivity index (χ0v) is 12.9. The van der Waals surface area contributed by atoms with Crippen molar-refractivity contribution in [3.8, 4) is 0 Å². The Morgan fingerprint density at radius 3 is 2.52 bits per heavy atom. The number of H-pyrrole nitrogens is 2. The Kier molecular flexibility index (Phi) is 3.32. The zero-order chi connectivity index (χ0) is 15.8. The molecular formula is C18H14ClN3O. The maximum atomic E-state index is 12.4. The molecule has 4 aromatic rings. The maximum Gasteiger partial charge on any atom is 0.253 e. The molecule has 114 valence electrons. The number of hydrogen-bond donors (Lipinski definition) is 3. The fourth-order valence-corrected chi connectivity index (χ4v) is 2.99. The second-order valence-corrected chi connectivity index (χ2v) is 5.89. The number of fused-ring (bicyclic) bond motifs is 2. The Balaban J connectivity index is 1.55. The summed E-state index contributed by atoms with van der Waals surface area (Å²) >= 11 is 6.22. The van der Waals surface area contributed by atoms with Crippen LogP contribution >= 0.6 is 11.6 Å². The van der Waals surface area contributed by atoms with Crippen LogP contribution in [0.2, 0.25) is 5.02 Å². The standard InChI is InChI=1S/C18H14ClN3O/c19-15-8-13-4-6-21-17(13)9-14(15)18(23)22-10-11-1-2-12-3-5-20-16(12)7-11/h1-9,20-21H,10H2,(H,22,23). The van der Waals surface area contributed by atoms with Gasteiger partial charge in [-0.15, -0.1) is 0 Å². The first-order chi connectivity index (χ1) is 11.2. The first kappa shape index (κ1) is 13.9. The third kappa shape index (κ3) is 2.58. The van der Waals surface area contributed by atoms with Gasteiger partial charge in [0.1, 0.15) is 0 Å². The van der Waals surface area contributed by atoms with Crippen LogP contribution in [0.25, 0.3) is 21.8 Å². The lowest BCUT2D eigenvalue weighted by Crippen LogP contribution is -2.23. The van der Waals surface area contributed by atoms with Crippen LogP contribution in [-0.2, 0) is 6.54 Å². The molecule has 0 atom stereocenters. The van der Waals surface area contributed by atoms with Crippen LogP contribution in [0, 0.1) is 0 Å². The van der Waals surface area contributed by atoms with Gasteiger partial charge in [-0.3, -0.25) is 4.79 Å². The number of carbonyl (C=O) groups excluding carboxylic acids is 1. The highest BCUT2D eigenvalue weighted by molar-refractivity contribution is 6.34. The minimum Gasteiger partial charge on any atom is -0.361 e. The fourth-order valence-electron chi connectivity index (χ4n) is 2.73. The molecule has 5 heteroatoms. The molecule has 0 radical (unpaired) electrons. The highest BCUT2D eigenvalue weighted by Gasteiger charge is 2.12. The normalized spacial score (nSPS) is 11.2. The van der Waals surface area contributed by atoms with E-state index in [0.29, 0.717) is 17.1 Å². The number of aromatic amines is 2. The molecule has 0 aliphatic heterocycles. The molecule has 4 rings (SSSR count). The van der Waals surface area contributed by atoms with Crippen molar-refractivity contribution in [1.29, 1.82) is 0 Å². The first-order valence-electron chi connectivity index (χ1n) is 7.31. The second kappa shape index (κ2) is 5.48. The van der Waals surface area contributed by atoms with Crippen molar-refractivity contribution in [2.45, 2.75) is 6.54 Å². The Bertz CT molecular complexity index is 1020. The molecule has 0 saturated carbocycles. The lowest BCUT2D eigenvalue weighted by Gasteiger charge is -2.08. The van der Waals surface area contributed by atoms with Gasteiger partial charge in [-0.25, -0.2) is 0 Å². The Labute approximate surface area is 137 Å². The third-order valence-electron chi connectivity index (χ3n) is 3.96. The molecule has 0 fully saturated rings. The lowest BCUT2D eigenvalue weighted by atomic mass is 10.1. The van der Waals surface area contributed by atoms with Crippen LogP contribution in [-0.4, -0.2) is 15.9 Å². The minimum atomic E-state index is -0.182. The Morgan fingerprint density at radius 1 is 0.957 bits per heavy atom. The van der Waals surface area contributed by atoms with Crippen LogP contribution in [0.1, 0.15) is 15.9 Å². The van der Waals surface area contributed by atoms with Crippen LogP contribution in [0.15, 0.2) is 54.9 Å². The fraction of sp³-hybridized carbons (Fsp3) is 0.0556. The molecular weight excluding hydrogens is 310 g/mol. The molecule has 2 heterocycles.